The molecule has 3 aliphatic rings. The van der Waals surface area contributed by atoms with E-state index >= 15 is 0 Å². The van der Waals surface area contributed by atoms with E-state index < -0.39 is 16.3 Å². The smallest absolute Gasteiger partial charge is 0.338 e. The molecular formula is C24H31B3N4O5. The first kappa shape index (κ1) is 24.8. The fourth-order valence-electron chi connectivity index (χ4n) is 6.15. The van der Waals surface area contributed by atoms with E-state index in [1.807, 2.05) is 36.5 Å². The number of carbonyl (C=O) groups is 2. The summed E-state index contributed by atoms with van der Waals surface area (Å²) in [6.45, 7) is 4.11. The monoisotopic (exact) mass is 488 g/mol. The van der Waals surface area contributed by atoms with Crippen molar-refractivity contribution in [1.82, 2.24) is 14.7 Å². The van der Waals surface area contributed by atoms with Crippen LogP contribution in [-0.2, 0) is 28.7 Å². The Morgan fingerprint density at radius 3 is 2.36 bits per heavy atom. The largest absolute Gasteiger partial charge is 0.457 e. The molecule has 2 saturated heterocycles. The van der Waals surface area contributed by atoms with Gasteiger partial charge in [-0.3, -0.25) is 14.5 Å². The van der Waals surface area contributed by atoms with Crippen LogP contribution in [0.4, 0.5) is 5.82 Å². The lowest BCUT2D eigenvalue weighted by molar-refractivity contribution is -0.128. The minimum Gasteiger partial charge on any atom is -0.457 e. The number of aryl methyl sites for hydroxylation is 1. The first-order chi connectivity index (χ1) is 16.9. The summed E-state index contributed by atoms with van der Waals surface area (Å²) in [6, 6.07) is 6.65. The number of anilines is 1. The van der Waals surface area contributed by atoms with Gasteiger partial charge in [-0.15, -0.1) is 0 Å². The van der Waals surface area contributed by atoms with Crippen LogP contribution in [0.1, 0.15) is 46.3 Å². The fourth-order valence-corrected chi connectivity index (χ4v) is 6.15. The van der Waals surface area contributed by atoms with Crippen molar-refractivity contribution >= 4 is 41.2 Å². The molecule has 5 rings (SSSR count). The predicted octanol–water partition coefficient (Wildman–Crippen LogP) is -2.02. The molecule has 3 aliphatic heterocycles. The fraction of sp³-hybridized carbons (Fsp3) is 0.500. The molecule has 36 heavy (non-hydrogen) atoms. The molecule has 9 nitrogen and oxygen atoms in total. The maximum atomic E-state index is 13.5. The zero-order valence-electron chi connectivity index (χ0n) is 21.6. The van der Waals surface area contributed by atoms with Crippen LogP contribution in [0.25, 0.3) is 0 Å². The Bertz CT molecular complexity index is 1320. The first-order valence-electron chi connectivity index (χ1n) is 12.5. The number of nitrogens with zero attached hydrogens (tertiary/aromatic N) is 4. The van der Waals surface area contributed by atoms with Gasteiger partial charge in [0.2, 0.25) is 5.91 Å². The van der Waals surface area contributed by atoms with Gasteiger partial charge in [-0.2, -0.15) is 5.10 Å². The van der Waals surface area contributed by atoms with Crippen molar-refractivity contribution in [3.05, 3.63) is 56.9 Å². The van der Waals surface area contributed by atoms with E-state index in [1.54, 1.807) is 24.1 Å². The van der Waals surface area contributed by atoms with Crippen molar-refractivity contribution in [2.75, 3.05) is 24.5 Å². The molecule has 1 atom stereocenters. The Hall–Kier alpha value is -2.85. The van der Waals surface area contributed by atoms with Gasteiger partial charge in [-0.25, -0.2) is 9.48 Å². The lowest BCUT2D eigenvalue weighted by Gasteiger charge is -2.53. The Balaban J connectivity index is 1.34. The van der Waals surface area contributed by atoms with Crippen LogP contribution in [-0.4, -0.2) is 80.2 Å². The lowest BCUT2D eigenvalue weighted by Crippen LogP contribution is -2.66. The van der Waals surface area contributed by atoms with Crippen LogP contribution in [0.15, 0.2) is 29.1 Å². The summed E-state index contributed by atoms with van der Waals surface area (Å²) in [5.41, 5.74) is 1.23. The van der Waals surface area contributed by atoms with Crippen molar-refractivity contribution in [1.29, 1.82) is 0 Å². The highest BCUT2D eigenvalue weighted by atomic mass is 16.5. The number of cyclic esters (lactones) is 1. The molecule has 0 saturated carbocycles. The zero-order chi connectivity index (χ0) is 26.0. The molecule has 1 aromatic heterocycles. The van der Waals surface area contributed by atoms with Gasteiger partial charge in [0, 0.05) is 25.2 Å². The molecule has 0 radical (unpaired) electrons. The molecule has 2 fully saturated rings. The Morgan fingerprint density at radius 2 is 1.69 bits per heavy atom. The summed E-state index contributed by atoms with van der Waals surface area (Å²) in [5, 5.41) is 15.6. The van der Waals surface area contributed by atoms with Crippen molar-refractivity contribution in [3.63, 3.8) is 0 Å². The Kier molecular flexibility index (Phi) is 5.76. The summed E-state index contributed by atoms with van der Waals surface area (Å²) in [4.78, 5) is 41.2. The normalized spacial score (nSPS) is 21.5. The number of benzene rings is 1. The van der Waals surface area contributed by atoms with Crippen LogP contribution in [0.5, 0.6) is 0 Å². The van der Waals surface area contributed by atoms with Crippen LogP contribution >= 0.6 is 0 Å². The van der Waals surface area contributed by atoms with Gasteiger partial charge in [0.05, 0.1) is 16.5 Å². The van der Waals surface area contributed by atoms with Gasteiger partial charge in [-0.05, 0) is 67.9 Å². The third-order valence-electron chi connectivity index (χ3n) is 9.13. The molecule has 2 aromatic rings. The van der Waals surface area contributed by atoms with E-state index in [0.29, 0.717) is 43.9 Å². The standard InChI is InChI=1S/C24H31B3N4O5/c1-14-16-13-36-20(33)15(16)3-4-17(14)23(25,35)24(26,27)30-10-7-22(8-11-30)9-12-31(21(22)34)18-5-6-19(32)29(2)28-18/h3-6,35H,7-13,25-27H2,1-2H3/t23-/m0/s1. The molecule has 1 amide bonds. The Morgan fingerprint density at radius 1 is 1.03 bits per heavy atom. The quantitative estimate of drug-likeness (QED) is 0.392. The lowest BCUT2D eigenvalue weighted by atomic mass is 9.43. The maximum Gasteiger partial charge on any atom is 0.338 e. The summed E-state index contributed by atoms with van der Waals surface area (Å²) in [7, 11) is 7.49. The Labute approximate surface area is 213 Å². The zero-order valence-corrected chi connectivity index (χ0v) is 21.6. The highest BCUT2D eigenvalue weighted by Crippen LogP contribution is 2.45. The number of carbonyl (C=O) groups excluding carboxylic acids is 2. The molecule has 12 heteroatoms. The van der Waals surface area contributed by atoms with Crippen molar-refractivity contribution in [3.8, 4) is 0 Å². The summed E-state index contributed by atoms with van der Waals surface area (Å²) in [6.07, 6.45) is 2.14. The molecule has 4 heterocycles. The van der Waals surface area contributed by atoms with Gasteiger partial charge >= 0.3 is 5.97 Å². The number of hydrogen-bond donors (Lipinski definition) is 1. The average molecular weight is 488 g/mol. The summed E-state index contributed by atoms with van der Waals surface area (Å²) in [5.74, 6) is 0.263. The minimum absolute atomic E-state index is 0.0667. The number of amides is 1. The van der Waals surface area contributed by atoms with E-state index in [4.69, 9.17) is 4.74 Å². The van der Waals surface area contributed by atoms with E-state index in [-0.39, 0.29) is 24.0 Å². The SMILES string of the molecule is BC(B)(N1CCC2(CCN(c3ccc(=O)n(C)n3)C2=O)CC1)[C@@](B)(O)c1ccc2c(c1C)COC2=O. The average Bonchev–Trinajstić information content (AvgIpc) is 3.37. The maximum absolute atomic E-state index is 13.5. The number of aliphatic hydroxyl groups is 1. The van der Waals surface area contributed by atoms with Crippen molar-refractivity contribution in [2.24, 2.45) is 12.5 Å². The highest BCUT2D eigenvalue weighted by Gasteiger charge is 2.53. The van der Waals surface area contributed by atoms with E-state index in [2.05, 4.69) is 10.00 Å². The third kappa shape index (κ3) is 3.56. The highest BCUT2D eigenvalue weighted by molar-refractivity contribution is 6.45. The number of likely N-dealkylation sites (tertiary alicyclic amines) is 1. The van der Waals surface area contributed by atoms with Crippen LogP contribution < -0.4 is 10.5 Å². The van der Waals surface area contributed by atoms with Crippen LogP contribution in [0, 0.1) is 12.3 Å². The molecule has 0 unspecified atom stereocenters. The molecule has 0 bridgehead atoms. The molecule has 186 valence electrons. The first-order valence-corrected chi connectivity index (χ1v) is 12.5. The summed E-state index contributed by atoms with van der Waals surface area (Å²) >= 11 is 0. The number of fused-ring (bicyclic) bond motifs is 1. The topological polar surface area (TPSA) is 105 Å². The number of rotatable bonds is 4. The number of esters is 1. The van der Waals surface area contributed by atoms with Gasteiger partial charge < -0.3 is 14.7 Å². The van der Waals surface area contributed by atoms with Crippen molar-refractivity contribution in [2.45, 2.75) is 43.6 Å². The number of piperidine rings is 1. The van der Waals surface area contributed by atoms with Gasteiger partial charge in [0.1, 0.15) is 30.1 Å². The second-order valence-corrected chi connectivity index (χ2v) is 11.1. The van der Waals surface area contributed by atoms with Crippen LogP contribution in [0.2, 0.25) is 0 Å². The molecule has 0 aliphatic carbocycles. The van der Waals surface area contributed by atoms with Gasteiger partial charge in [-0.1, -0.05) is 6.07 Å². The van der Waals surface area contributed by atoms with Gasteiger partial charge in [0.15, 0.2) is 5.82 Å². The van der Waals surface area contributed by atoms with Gasteiger partial charge in [0.25, 0.3) is 5.56 Å². The van der Waals surface area contributed by atoms with E-state index in [0.717, 1.165) is 23.1 Å². The predicted molar refractivity (Wildman–Crippen MR) is 142 cm³/mol. The molecule has 1 spiro atoms. The number of hydrogen-bond acceptors (Lipinski definition) is 7. The van der Waals surface area contributed by atoms with Crippen molar-refractivity contribution < 1.29 is 19.4 Å². The van der Waals surface area contributed by atoms with E-state index in [9.17, 15) is 19.5 Å². The minimum atomic E-state index is -1.20. The number of aromatic nitrogens is 2. The van der Waals surface area contributed by atoms with E-state index in [1.165, 1.54) is 10.7 Å². The molecule has 1 N–H and O–H groups in total. The number of ether oxygens (including phenoxy) is 1. The molecule has 1 aromatic carbocycles. The summed E-state index contributed by atoms with van der Waals surface area (Å²) < 4.78 is 6.46. The second-order valence-electron chi connectivity index (χ2n) is 11.1. The third-order valence-corrected chi connectivity index (χ3v) is 9.13. The second kappa shape index (κ2) is 8.35. The van der Waals surface area contributed by atoms with Crippen LogP contribution in [0.3, 0.4) is 0 Å². The molecular weight excluding hydrogens is 457 g/mol.